The number of benzene rings is 3. The topological polar surface area (TPSA) is 44.1 Å². The maximum Gasteiger partial charge on any atom is 0.173 e. The van der Waals surface area contributed by atoms with Crippen molar-refractivity contribution in [2.75, 3.05) is 12.9 Å². The van der Waals surface area contributed by atoms with Crippen LogP contribution in [0.2, 0.25) is 10.0 Å². The molecule has 4 rings (SSSR count). The van der Waals surface area contributed by atoms with Crippen LogP contribution < -0.4 is 4.74 Å². The van der Waals surface area contributed by atoms with Gasteiger partial charge in [-0.3, -0.25) is 9.36 Å². The highest BCUT2D eigenvalue weighted by Gasteiger charge is 2.18. The largest absolute Gasteiger partial charge is 0.495 e. The molecule has 31 heavy (non-hydrogen) atoms. The second kappa shape index (κ2) is 9.60. The smallest absolute Gasteiger partial charge is 0.173 e. The second-order valence-corrected chi connectivity index (χ2v) is 8.44. The third kappa shape index (κ3) is 4.79. The van der Waals surface area contributed by atoms with E-state index in [0.717, 1.165) is 11.3 Å². The predicted octanol–water partition coefficient (Wildman–Crippen LogP) is 6.83. The number of ether oxygens (including phenoxy) is 1. The second-order valence-electron chi connectivity index (χ2n) is 6.65. The minimum absolute atomic E-state index is 0.0336. The van der Waals surface area contributed by atoms with Crippen LogP contribution in [0.1, 0.15) is 10.4 Å². The summed E-state index contributed by atoms with van der Waals surface area (Å²) in [5.41, 5.74) is 2.94. The Morgan fingerprint density at radius 3 is 2.52 bits per heavy atom. The number of methoxy groups -OCH3 is 1. The number of Topliss-reactive ketones (excluding diaryl/α,β-unsaturated/α-hetero) is 1. The maximum atomic E-state index is 12.6. The summed E-state index contributed by atoms with van der Waals surface area (Å²) in [5, 5.41) is 1.73. The van der Waals surface area contributed by atoms with Crippen LogP contribution >= 0.6 is 35.0 Å². The summed E-state index contributed by atoms with van der Waals surface area (Å²) >= 11 is 13.8. The molecule has 0 aliphatic carbocycles. The van der Waals surface area contributed by atoms with Crippen molar-refractivity contribution in [3.05, 3.63) is 94.6 Å². The first-order valence-electron chi connectivity index (χ1n) is 9.46. The van der Waals surface area contributed by atoms with Crippen LogP contribution in [0.4, 0.5) is 0 Å². The molecule has 3 aromatic carbocycles. The summed E-state index contributed by atoms with van der Waals surface area (Å²) in [6.45, 7) is 0. The number of carbonyl (C=O) groups is 1. The van der Waals surface area contributed by atoms with Gasteiger partial charge in [-0.15, -0.1) is 0 Å². The minimum atomic E-state index is 0.0336. The standard InChI is InChI=1S/C24H18Cl2N2O2S/c1-30-23-10-6-5-9-21(23)28-14-20(18-12-11-17(25)13-19(18)26)27-24(28)31-15-22(29)16-7-3-2-4-8-16/h2-14H,15H2,1H3. The number of hydrogen-bond acceptors (Lipinski definition) is 4. The third-order valence-electron chi connectivity index (χ3n) is 4.65. The highest BCUT2D eigenvalue weighted by atomic mass is 35.5. The van der Waals surface area contributed by atoms with E-state index in [-0.39, 0.29) is 11.5 Å². The van der Waals surface area contributed by atoms with Crippen molar-refractivity contribution in [1.29, 1.82) is 0 Å². The summed E-state index contributed by atoms with van der Waals surface area (Å²) in [6.07, 6.45) is 1.89. The quantitative estimate of drug-likeness (QED) is 0.220. The molecule has 0 radical (unpaired) electrons. The van der Waals surface area contributed by atoms with Crippen LogP contribution in [-0.2, 0) is 0 Å². The Kier molecular flexibility index (Phi) is 6.66. The van der Waals surface area contributed by atoms with Crippen molar-refractivity contribution in [2.45, 2.75) is 5.16 Å². The molecule has 4 aromatic rings. The lowest BCUT2D eigenvalue weighted by atomic mass is 10.2. The van der Waals surface area contributed by atoms with Gasteiger partial charge in [-0.1, -0.05) is 77.4 Å². The molecule has 1 heterocycles. The molecule has 156 valence electrons. The molecule has 0 N–H and O–H groups in total. The number of rotatable bonds is 7. The first-order chi connectivity index (χ1) is 15.1. The zero-order valence-corrected chi connectivity index (χ0v) is 18.9. The van der Waals surface area contributed by atoms with Crippen molar-refractivity contribution < 1.29 is 9.53 Å². The fourth-order valence-electron chi connectivity index (χ4n) is 3.13. The van der Waals surface area contributed by atoms with E-state index < -0.39 is 0 Å². The van der Waals surface area contributed by atoms with Gasteiger partial charge in [0.1, 0.15) is 5.75 Å². The number of ketones is 1. The summed E-state index contributed by atoms with van der Waals surface area (Å²) in [4.78, 5) is 17.4. The summed E-state index contributed by atoms with van der Waals surface area (Å²) < 4.78 is 7.45. The van der Waals surface area contributed by atoms with Gasteiger partial charge in [0.2, 0.25) is 0 Å². The lowest BCUT2D eigenvalue weighted by Gasteiger charge is -2.11. The number of para-hydroxylation sites is 2. The monoisotopic (exact) mass is 468 g/mol. The van der Waals surface area contributed by atoms with E-state index in [2.05, 4.69) is 0 Å². The van der Waals surface area contributed by atoms with Gasteiger partial charge in [-0.05, 0) is 30.3 Å². The Hall–Kier alpha value is -2.73. The normalized spacial score (nSPS) is 10.8. The van der Waals surface area contributed by atoms with Gasteiger partial charge in [0.25, 0.3) is 0 Å². The molecule has 1 aromatic heterocycles. The lowest BCUT2D eigenvalue weighted by molar-refractivity contribution is 0.102. The van der Waals surface area contributed by atoms with Crippen LogP contribution in [0.25, 0.3) is 16.9 Å². The van der Waals surface area contributed by atoms with E-state index in [1.165, 1.54) is 11.8 Å². The van der Waals surface area contributed by atoms with Gasteiger partial charge >= 0.3 is 0 Å². The number of imidazole rings is 1. The van der Waals surface area contributed by atoms with Gasteiger partial charge in [-0.2, -0.15) is 0 Å². The summed E-state index contributed by atoms with van der Waals surface area (Å²) in [6, 6.07) is 22.2. The van der Waals surface area contributed by atoms with Gasteiger partial charge in [0.05, 0.1) is 29.3 Å². The molecule has 0 bridgehead atoms. The van der Waals surface area contributed by atoms with Crippen molar-refractivity contribution in [3.8, 4) is 22.7 Å². The molecule has 0 saturated heterocycles. The number of carbonyl (C=O) groups excluding carboxylic acids is 1. The zero-order chi connectivity index (χ0) is 21.8. The molecule has 0 fully saturated rings. The Morgan fingerprint density at radius 2 is 1.77 bits per heavy atom. The van der Waals surface area contributed by atoms with E-state index in [1.54, 1.807) is 19.2 Å². The van der Waals surface area contributed by atoms with Gasteiger partial charge in [-0.25, -0.2) is 4.98 Å². The molecule has 0 aliphatic rings. The Bertz CT molecular complexity index is 1230. The molecule has 0 spiro atoms. The minimum Gasteiger partial charge on any atom is -0.495 e. The first kappa shape index (κ1) is 21.5. The fourth-order valence-corrected chi connectivity index (χ4v) is 4.52. The van der Waals surface area contributed by atoms with Crippen LogP contribution in [0, 0.1) is 0 Å². The number of aromatic nitrogens is 2. The lowest BCUT2D eigenvalue weighted by Crippen LogP contribution is -2.04. The van der Waals surface area contributed by atoms with Gasteiger partial charge in [0.15, 0.2) is 10.9 Å². The van der Waals surface area contributed by atoms with E-state index in [9.17, 15) is 4.79 Å². The predicted molar refractivity (Wildman–Crippen MR) is 127 cm³/mol. The number of thioether (sulfide) groups is 1. The number of halogens is 2. The van der Waals surface area contributed by atoms with Crippen LogP contribution in [0.15, 0.2) is 84.1 Å². The Labute approximate surface area is 194 Å². The highest BCUT2D eigenvalue weighted by molar-refractivity contribution is 7.99. The van der Waals surface area contributed by atoms with Crippen molar-refractivity contribution >= 4 is 40.7 Å². The third-order valence-corrected chi connectivity index (χ3v) is 6.15. The Balaban J connectivity index is 1.73. The van der Waals surface area contributed by atoms with Crippen molar-refractivity contribution in [2.24, 2.45) is 0 Å². The van der Waals surface area contributed by atoms with Gasteiger partial charge < -0.3 is 4.74 Å². The summed E-state index contributed by atoms with van der Waals surface area (Å²) in [5.74, 6) is 0.986. The van der Waals surface area contributed by atoms with Crippen LogP contribution in [-0.4, -0.2) is 28.2 Å². The average molecular weight is 469 g/mol. The molecular formula is C24H18Cl2N2O2S. The molecule has 0 amide bonds. The zero-order valence-electron chi connectivity index (χ0n) is 16.6. The highest BCUT2D eigenvalue weighted by Crippen LogP contribution is 2.35. The molecule has 0 atom stereocenters. The van der Waals surface area contributed by atoms with E-state index in [0.29, 0.717) is 32.2 Å². The number of nitrogens with zero attached hydrogens (tertiary/aromatic N) is 2. The van der Waals surface area contributed by atoms with E-state index >= 15 is 0 Å². The van der Waals surface area contributed by atoms with E-state index in [1.807, 2.05) is 71.4 Å². The Morgan fingerprint density at radius 1 is 1.03 bits per heavy atom. The molecule has 7 heteroatoms. The van der Waals surface area contributed by atoms with Crippen molar-refractivity contribution in [1.82, 2.24) is 9.55 Å². The van der Waals surface area contributed by atoms with Gasteiger partial charge in [0, 0.05) is 22.3 Å². The molecule has 4 nitrogen and oxygen atoms in total. The SMILES string of the molecule is COc1ccccc1-n1cc(-c2ccc(Cl)cc2Cl)nc1SCC(=O)c1ccccc1. The first-order valence-corrected chi connectivity index (χ1v) is 11.2. The summed E-state index contributed by atoms with van der Waals surface area (Å²) in [7, 11) is 1.62. The average Bonchev–Trinajstić information content (AvgIpc) is 3.21. The number of hydrogen-bond donors (Lipinski definition) is 0. The molecule has 0 aliphatic heterocycles. The fraction of sp³-hybridized carbons (Fsp3) is 0.0833. The van der Waals surface area contributed by atoms with Crippen LogP contribution in [0.3, 0.4) is 0 Å². The molecule has 0 saturated carbocycles. The van der Waals surface area contributed by atoms with Crippen LogP contribution in [0.5, 0.6) is 5.75 Å². The molecule has 0 unspecified atom stereocenters. The maximum absolute atomic E-state index is 12.6. The van der Waals surface area contributed by atoms with E-state index in [4.69, 9.17) is 32.9 Å². The van der Waals surface area contributed by atoms with Crippen molar-refractivity contribution in [3.63, 3.8) is 0 Å². The molecular weight excluding hydrogens is 451 g/mol.